The summed E-state index contributed by atoms with van der Waals surface area (Å²) in [5.41, 5.74) is 6.30. The molecular weight excluding hydrogens is 544 g/mol. The number of ether oxygens (including phenoxy) is 4. The van der Waals surface area contributed by atoms with E-state index in [9.17, 15) is 15.0 Å². The predicted octanol–water partition coefficient (Wildman–Crippen LogP) is 7.62. The summed E-state index contributed by atoms with van der Waals surface area (Å²) in [6, 6.07) is 8.32. The summed E-state index contributed by atoms with van der Waals surface area (Å²) in [6.07, 6.45) is 3.76. The Morgan fingerprint density at radius 1 is 0.744 bits per heavy atom. The van der Waals surface area contributed by atoms with Gasteiger partial charge in [-0.3, -0.25) is 4.79 Å². The van der Waals surface area contributed by atoms with Crippen molar-refractivity contribution in [3.63, 3.8) is 0 Å². The Balaban J connectivity index is 0.000000517. The normalized spacial score (nSPS) is 11.5. The number of aromatic hydroxyl groups is 2. The molecule has 7 heteroatoms. The third kappa shape index (κ3) is 14.3. The largest absolute Gasteiger partial charge is 0.507 e. The van der Waals surface area contributed by atoms with Gasteiger partial charge in [-0.2, -0.15) is 0 Å². The van der Waals surface area contributed by atoms with Gasteiger partial charge in [0.25, 0.3) is 6.47 Å². The van der Waals surface area contributed by atoms with E-state index in [1.54, 1.807) is 0 Å². The van der Waals surface area contributed by atoms with Crippen molar-refractivity contribution in [3.05, 3.63) is 70.0 Å². The van der Waals surface area contributed by atoms with Crippen molar-refractivity contribution in [2.45, 2.75) is 98.8 Å². The Kier molecular flexibility index (Phi) is 16.4. The van der Waals surface area contributed by atoms with E-state index in [4.69, 9.17) is 14.2 Å². The van der Waals surface area contributed by atoms with Gasteiger partial charge in [0.2, 0.25) is 0 Å². The van der Waals surface area contributed by atoms with Crippen molar-refractivity contribution >= 4 is 6.47 Å². The van der Waals surface area contributed by atoms with Gasteiger partial charge in [0, 0.05) is 6.42 Å². The van der Waals surface area contributed by atoms with Gasteiger partial charge in [-0.1, -0.05) is 85.7 Å². The third-order valence-electron chi connectivity index (χ3n) is 6.89. The molecule has 2 aromatic rings. The van der Waals surface area contributed by atoms with Crippen molar-refractivity contribution in [2.75, 3.05) is 39.6 Å². The number of rotatable bonds is 16. The molecule has 0 amide bonds. The van der Waals surface area contributed by atoms with E-state index in [0.29, 0.717) is 63.2 Å². The highest BCUT2D eigenvalue weighted by Crippen LogP contribution is 2.35. The average Bonchev–Trinajstić information content (AvgIpc) is 2.91. The number of aryl methyl sites for hydroxylation is 4. The lowest BCUT2D eigenvalue weighted by atomic mass is 9.83. The highest BCUT2D eigenvalue weighted by molar-refractivity contribution is 5.47. The van der Waals surface area contributed by atoms with Gasteiger partial charge in [0.05, 0.1) is 32.2 Å². The number of phenols is 2. The first-order valence-corrected chi connectivity index (χ1v) is 15.3. The molecule has 0 unspecified atom stereocenters. The second kappa shape index (κ2) is 18.6. The first kappa shape index (κ1) is 38.0. The van der Waals surface area contributed by atoms with Gasteiger partial charge in [-0.05, 0) is 70.9 Å². The summed E-state index contributed by atoms with van der Waals surface area (Å²) < 4.78 is 20.7. The SMILES string of the molecule is C=C(CCc1cc(C)c(O)c(C(C)(C)C)c1)OCCOCCOCCOC=O.CCCc1cc(C)c(O)c(C(C)(C)C)c1. The number of carbonyl (C=O) groups is 1. The first-order valence-electron chi connectivity index (χ1n) is 15.3. The van der Waals surface area contributed by atoms with Crippen molar-refractivity contribution in [3.8, 4) is 11.5 Å². The molecular formula is C36H56O7. The lowest BCUT2D eigenvalue weighted by Crippen LogP contribution is -2.13. The van der Waals surface area contributed by atoms with Crippen LogP contribution in [0.5, 0.6) is 11.5 Å². The number of carbonyl (C=O) groups excluding carboxylic acids is 1. The van der Waals surface area contributed by atoms with E-state index < -0.39 is 0 Å². The van der Waals surface area contributed by atoms with Crippen LogP contribution in [-0.2, 0) is 47.4 Å². The second-order valence-corrected chi connectivity index (χ2v) is 12.9. The van der Waals surface area contributed by atoms with Crippen molar-refractivity contribution in [2.24, 2.45) is 0 Å². The van der Waals surface area contributed by atoms with Gasteiger partial charge < -0.3 is 29.2 Å². The minimum absolute atomic E-state index is 0.0125. The van der Waals surface area contributed by atoms with Gasteiger partial charge >= 0.3 is 0 Å². The van der Waals surface area contributed by atoms with Crippen LogP contribution >= 0.6 is 0 Å². The molecule has 0 aromatic heterocycles. The molecule has 43 heavy (non-hydrogen) atoms. The molecule has 0 radical (unpaired) electrons. The van der Waals surface area contributed by atoms with E-state index in [1.165, 1.54) is 5.56 Å². The molecule has 0 bridgehead atoms. The summed E-state index contributed by atoms with van der Waals surface area (Å²) in [6.45, 7) is 25.6. The van der Waals surface area contributed by atoms with Crippen LogP contribution in [0.1, 0.15) is 94.7 Å². The summed E-state index contributed by atoms with van der Waals surface area (Å²) in [5.74, 6) is 1.56. The Labute approximate surface area is 260 Å². The summed E-state index contributed by atoms with van der Waals surface area (Å²) in [4.78, 5) is 9.94. The zero-order valence-electron chi connectivity index (χ0n) is 28.1. The third-order valence-corrected chi connectivity index (χ3v) is 6.89. The molecule has 0 saturated carbocycles. The smallest absolute Gasteiger partial charge is 0.293 e. The highest BCUT2D eigenvalue weighted by atomic mass is 16.6. The van der Waals surface area contributed by atoms with Crippen LogP contribution < -0.4 is 0 Å². The molecule has 2 N–H and O–H groups in total. The second-order valence-electron chi connectivity index (χ2n) is 12.9. The fourth-order valence-electron chi connectivity index (χ4n) is 4.51. The molecule has 7 nitrogen and oxygen atoms in total. The number of benzene rings is 2. The molecule has 0 spiro atoms. The molecule has 2 rings (SSSR count). The van der Waals surface area contributed by atoms with E-state index in [2.05, 4.69) is 78.0 Å². The molecule has 0 aliphatic rings. The molecule has 242 valence electrons. The van der Waals surface area contributed by atoms with Crippen molar-refractivity contribution in [1.29, 1.82) is 0 Å². The van der Waals surface area contributed by atoms with Crippen molar-refractivity contribution < 1.29 is 34.0 Å². The Morgan fingerprint density at radius 2 is 1.19 bits per heavy atom. The van der Waals surface area contributed by atoms with E-state index in [-0.39, 0.29) is 17.4 Å². The van der Waals surface area contributed by atoms with Gasteiger partial charge in [-0.25, -0.2) is 0 Å². The highest BCUT2D eigenvalue weighted by Gasteiger charge is 2.21. The molecule has 0 heterocycles. The Morgan fingerprint density at radius 3 is 1.63 bits per heavy atom. The maximum Gasteiger partial charge on any atom is 0.293 e. The molecule has 0 aliphatic carbocycles. The number of hydrogen-bond acceptors (Lipinski definition) is 7. The van der Waals surface area contributed by atoms with Crippen LogP contribution in [0.2, 0.25) is 0 Å². The van der Waals surface area contributed by atoms with Crippen LogP contribution in [0.25, 0.3) is 0 Å². The van der Waals surface area contributed by atoms with Gasteiger partial charge in [0.1, 0.15) is 24.7 Å². The number of hydrogen-bond donors (Lipinski definition) is 2. The molecule has 2 aromatic carbocycles. The first-order chi connectivity index (χ1) is 20.1. The van der Waals surface area contributed by atoms with Crippen LogP contribution in [0.15, 0.2) is 36.6 Å². The van der Waals surface area contributed by atoms with E-state index in [1.807, 2.05) is 19.9 Å². The minimum Gasteiger partial charge on any atom is -0.507 e. The maximum atomic E-state index is 10.3. The molecule has 0 fully saturated rings. The molecule has 0 saturated heterocycles. The van der Waals surface area contributed by atoms with Crippen molar-refractivity contribution in [1.82, 2.24) is 0 Å². The minimum atomic E-state index is -0.110. The van der Waals surface area contributed by atoms with E-state index in [0.717, 1.165) is 47.1 Å². The van der Waals surface area contributed by atoms with E-state index >= 15 is 0 Å². The quantitative estimate of drug-likeness (QED) is 0.116. The molecule has 0 atom stereocenters. The van der Waals surface area contributed by atoms with Crippen LogP contribution in [0.4, 0.5) is 0 Å². The van der Waals surface area contributed by atoms with Gasteiger partial charge in [0.15, 0.2) is 0 Å². The van der Waals surface area contributed by atoms with Crippen LogP contribution in [0.3, 0.4) is 0 Å². The summed E-state index contributed by atoms with van der Waals surface area (Å²) in [5, 5.41) is 20.3. The number of allylic oxidation sites excluding steroid dienone is 1. The zero-order chi connectivity index (χ0) is 32.6. The Hall–Kier alpha value is -3.03. The predicted molar refractivity (Wildman–Crippen MR) is 174 cm³/mol. The maximum absolute atomic E-state index is 10.3. The fourth-order valence-corrected chi connectivity index (χ4v) is 4.51. The standard InChI is InChI=1S/C22H34O6.C14H22O/c1-17-14-19(15-20(21(17)24)22(3,4)5)7-6-18(2)28-13-12-26-9-8-25-10-11-27-16-23;1-6-7-11-8-10(2)13(15)12(9-11)14(3,4)5/h14-16,24H,2,6-13H2,1,3-5H3;8-9,15H,6-7H2,1-5H3. The number of phenolic OH excluding ortho intramolecular Hbond substituents is 2. The van der Waals surface area contributed by atoms with Crippen LogP contribution in [0, 0.1) is 13.8 Å². The summed E-state index contributed by atoms with van der Waals surface area (Å²) in [7, 11) is 0. The van der Waals surface area contributed by atoms with Crippen LogP contribution in [-0.4, -0.2) is 56.3 Å². The fraction of sp³-hybridized carbons (Fsp3) is 0.583. The Bertz CT molecular complexity index is 1140. The average molecular weight is 601 g/mol. The summed E-state index contributed by atoms with van der Waals surface area (Å²) >= 11 is 0. The monoisotopic (exact) mass is 600 g/mol. The lowest BCUT2D eigenvalue weighted by molar-refractivity contribution is -0.130. The van der Waals surface area contributed by atoms with Gasteiger partial charge in [-0.15, -0.1) is 0 Å². The lowest BCUT2D eigenvalue weighted by Gasteiger charge is -2.22. The topological polar surface area (TPSA) is 94.5 Å². The zero-order valence-corrected chi connectivity index (χ0v) is 28.1. The molecule has 0 aliphatic heterocycles.